The summed E-state index contributed by atoms with van der Waals surface area (Å²) in [6.45, 7) is 0.842. The highest BCUT2D eigenvalue weighted by Crippen LogP contribution is 2.34. The number of halogens is 1. The van der Waals surface area contributed by atoms with Crippen LogP contribution in [0.25, 0.3) is 0 Å². The van der Waals surface area contributed by atoms with Gasteiger partial charge in [0.2, 0.25) is 6.79 Å². The van der Waals surface area contributed by atoms with E-state index in [4.69, 9.17) is 9.47 Å². The Morgan fingerprint density at radius 2 is 1.77 bits per heavy atom. The van der Waals surface area contributed by atoms with Crippen molar-refractivity contribution in [1.82, 2.24) is 10.6 Å². The SMILES string of the molecule is O=C(NCCCNC(=O)c1ccccc1F)Nc1ccc2c(c1)OCO2. The van der Waals surface area contributed by atoms with E-state index in [0.717, 1.165) is 0 Å². The molecule has 1 aliphatic heterocycles. The molecule has 0 unspecified atom stereocenters. The topological polar surface area (TPSA) is 88.7 Å². The van der Waals surface area contributed by atoms with Gasteiger partial charge in [0.15, 0.2) is 11.5 Å². The van der Waals surface area contributed by atoms with Crippen LogP contribution in [0.3, 0.4) is 0 Å². The third-order valence-corrected chi connectivity index (χ3v) is 3.67. The van der Waals surface area contributed by atoms with Crippen molar-refractivity contribution in [3.05, 3.63) is 53.8 Å². The smallest absolute Gasteiger partial charge is 0.319 e. The Balaban J connectivity index is 1.35. The van der Waals surface area contributed by atoms with Crippen molar-refractivity contribution in [3.63, 3.8) is 0 Å². The average molecular weight is 359 g/mol. The lowest BCUT2D eigenvalue weighted by molar-refractivity contribution is 0.0949. The largest absolute Gasteiger partial charge is 0.454 e. The molecule has 3 amide bonds. The fourth-order valence-corrected chi connectivity index (χ4v) is 2.38. The Kier molecular flexibility index (Phi) is 5.52. The molecule has 0 atom stereocenters. The molecule has 0 saturated carbocycles. The summed E-state index contributed by atoms with van der Waals surface area (Å²) in [6, 6.07) is 10.5. The first-order valence-corrected chi connectivity index (χ1v) is 8.11. The molecule has 7 nitrogen and oxygen atoms in total. The Morgan fingerprint density at radius 3 is 2.62 bits per heavy atom. The highest BCUT2D eigenvalue weighted by molar-refractivity contribution is 5.94. The van der Waals surface area contributed by atoms with E-state index in [1.807, 2.05) is 0 Å². The predicted molar refractivity (Wildman–Crippen MR) is 92.9 cm³/mol. The summed E-state index contributed by atoms with van der Waals surface area (Å²) >= 11 is 0. The molecule has 1 aliphatic rings. The van der Waals surface area contributed by atoms with Crippen LogP contribution >= 0.6 is 0 Å². The van der Waals surface area contributed by atoms with Gasteiger partial charge in [-0.15, -0.1) is 0 Å². The van der Waals surface area contributed by atoms with Crippen LogP contribution in [-0.4, -0.2) is 31.8 Å². The second kappa shape index (κ2) is 8.19. The lowest BCUT2D eigenvalue weighted by atomic mass is 10.2. The molecule has 2 aromatic carbocycles. The number of amides is 3. The summed E-state index contributed by atoms with van der Waals surface area (Å²) in [6.07, 6.45) is 0.509. The van der Waals surface area contributed by atoms with Crippen LogP contribution in [0.15, 0.2) is 42.5 Å². The second-order valence-electron chi connectivity index (χ2n) is 5.54. The van der Waals surface area contributed by atoms with Crippen LogP contribution in [-0.2, 0) is 0 Å². The molecule has 136 valence electrons. The normalized spacial score (nSPS) is 11.7. The lowest BCUT2D eigenvalue weighted by Gasteiger charge is -2.09. The minimum atomic E-state index is -0.564. The van der Waals surface area contributed by atoms with E-state index in [-0.39, 0.29) is 18.4 Å². The van der Waals surface area contributed by atoms with Gasteiger partial charge in [0.1, 0.15) is 5.82 Å². The maximum atomic E-state index is 13.5. The van der Waals surface area contributed by atoms with Crippen LogP contribution in [0.4, 0.5) is 14.9 Å². The molecule has 8 heteroatoms. The molecule has 0 aromatic heterocycles. The number of carbonyl (C=O) groups is 2. The van der Waals surface area contributed by atoms with Crippen molar-refractivity contribution >= 4 is 17.6 Å². The number of nitrogens with one attached hydrogen (secondary N) is 3. The number of benzene rings is 2. The monoisotopic (exact) mass is 359 g/mol. The number of urea groups is 1. The van der Waals surface area contributed by atoms with Gasteiger partial charge in [-0.3, -0.25) is 4.79 Å². The molecule has 0 saturated heterocycles. The van der Waals surface area contributed by atoms with Crippen LogP contribution < -0.4 is 25.4 Å². The maximum Gasteiger partial charge on any atom is 0.319 e. The van der Waals surface area contributed by atoms with Crippen molar-refractivity contribution < 1.29 is 23.5 Å². The molecular weight excluding hydrogens is 341 g/mol. The Bertz CT molecular complexity index is 813. The Labute approximate surface area is 149 Å². The number of hydrogen-bond donors (Lipinski definition) is 3. The molecule has 0 radical (unpaired) electrons. The Hall–Kier alpha value is -3.29. The van der Waals surface area contributed by atoms with Gasteiger partial charge in [-0.2, -0.15) is 0 Å². The molecule has 26 heavy (non-hydrogen) atoms. The molecule has 1 heterocycles. The van der Waals surface area contributed by atoms with Crippen LogP contribution in [0.5, 0.6) is 11.5 Å². The summed E-state index contributed by atoms with van der Waals surface area (Å²) in [7, 11) is 0. The van der Waals surface area contributed by atoms with Gasteiger partial charge in [0.25, 0.3) is 5.91 Å². The quantitative estimate of drug-likeness (QED) is 0.692. The highest BCUT2D eigenvalue weighted by Gasteiger charge is 2.14. The standard InChI is InChI=1S/C18H18FN3O4/c19-14-5-2-1-4-13(14)17(23)20-8-3-9-21-18(24)22-12-6-7-15-16(10-12)26-11-25-15/h1-2,4-7,10H,3,8-9,11H2,(H,20,23)(H2,21,22,24). The van der Waals surface area contributed by atoms with E-state index in [1.165, 1.54) is 18.2 Å². The van der Waals surface area contributed by atoms with Gasteiger partial charge in [-0.05, 0) is 30.7 Å². The van der Waals surface area contributed by atoms with E-state index in [1.54, 1.807) is 24.3 Å². The lowest BCUT2D eigenvalue weighted by Crippen LogP contribution is -2.32. The molecule has 0 aliphatic carbocycles. The van der Waals surface area contributed by atoms with Gasteiger partial charge in [-0.1, -0.05) is 12.1 Å². The zero-order chi connectivity index (χ0) is 18.4. The van der Waals surface area contributed by atoms with Crippen molar-refractivity contribution in [1.29, 1.82) is 0 Å². The summed E-state index contributed by atoms with van der Waals surface area (Å²) < 4.78 is 23.9. The van der Waals surface area contributed by atoms with Crippen LogP contribution in [0.2, 0.25) is 0 Å². The minimum absolute atomic E-state index is 0.000936. The third kappa shape index (κ3) is 4.41. The summed E-state index contributed by atoms with van der Waals surface area (Å²) in [5.41, 5.74) is 0.584. The van der Waals surface area contributed by atoms with Gasteiger partial charge in [0.05, 0.1) is 5.56 Å². The van der Waals surface area contributed by atoms with E-state index in [2.05, 4.69) is 16.0 Å². The Morgan fingerprint density at radius 1 is 1.00 bits per heavy atom. The molecule has 3 N–H and O–H groups in total. The number of ether oxygens (including phenoxy) is 2. The van der Waals surface area contributed by atoms with Crippen LogP contribution in [0.1, 0.15) is 16.8 Å². The van der Waals surface area contributed by atoms with Gasteiger partial charge < -0.3 is 25.4 Å². The summed E-state index contributed by atoms with van der Waals surface area (Å²) in [5.74, 6) is 0.180. The van der Waals surface area contributed by atoms with Crippen molar-refractivity contribution in [2.75, 3.05) is 25.2 Å². The molecule has 3 rings (SSSR count). The zero-order valence-corrected chi connectivity index (χ0v) is 13.9. The van der Waals surface area contributed by atoms with E-state index >= 15 is 0 Å². The molecule has 0 bridgehead atoms. The first-order chi connectivity index (χ1) is 12.6. The van der Waals surface area contributed by atoms with E-state index < -0.39 is 11.7 Å². The fraction of sp³-hybridized carbons (Fsp3) is 0.222. The molecule has 2 aromatic rings. The second-order valence-corrected chi connectivity index (χ2v) is 5.54. The van der Waals surface area contributed by atoms with E-state index in [9.17, 15) is 14.0 Å². The third-order valence-electron chi connectivity index (χ3n) is 3.67. The van der Waals surface area contributed by atoms with Crippen molar-refractivity contribution in [2.24, 2.45) is 0 Å². The summed E-state index contributed by atoms with van der Waals surface area (Å²) in [4.78, 5) is 23.7. The zero-order valence-electron chi connectivity index (χ0n) is 13.9. The first-order valence-electron chi connectivity index (χ1n) is 8.11. The van der Waals surface area contributed by atoms with Gasteiger partial charge in [0, 0.05) is 24.8 Å². The average Bonchev–Trinajstić information content (AvgIpc) is 3.09. The maximum absolute atomic E-state index is 13.5. The summed E-state index contributed by atoms with van der Waals surface area (Å²) in [5, 5.41) is 7.97. The van der Waals surface area contributed by atoms with Crippen molar-refractivity contribution in [2.45, 2.75) is 6.42 Å². The molecule has 0 spiro atoms. The van der Waals surface area contributed by atoms with Crippen molar-refractivity contribution in [3.8, 4) is 11.5 Å². The van der Waals surface area contributed by atoms with E-state index in [0.29, 0.717) is 36.7 Å². The van der Waals surface area contributed by atoms with Crippen LogP contribution in [0, 0.1) is 5.82 Å². The number of carbonyl (C=O) groups excluding carboxylic acids is 2. The molecular formula is C18H18FN3O4. The van der Waals surface area contributed by atoms with Gasteiger partial charge in [-0.25, -0.2) is 9.18 Å². The highest BCUT2D eigenvalue weighted by atomic mass is 19.1. The molecule has 0 fully saturated rings. The number of anilines is 1. The first kappa shape index (κ1) is 17.5. The minimum Gasteiger partial charge on any atom is -0.454 e. The number of hydrogen-bond acceptors (Lipinski definition) is 4. The van der Waals surface area contributed by atoms with Gasteiger partial charge >= 0.3 is 6.03 Å². The fourth-order valence-electron chi connectivity index (χ4n) is 2.38. The number of rotatable bonds is 6. The predicted octanol–water partition coefficient (Wildman–Crippen LogP) is 2.50. The number of fused-ring (bicyclic) bond motifs is 1.